The maximum Gasteiger partial charge on any atom is 0.0727 e. The number of nitrogens with zero attached hydrogens (tertiary/aromatic N) is 3. The van der Waals surface area contributed by atoms with Gasteiger partial charge in [0.15, 0.2) is 0 Å². The second-order valence-corrected chi connectivity index (χ2v) is 5.65. The fourth-order valence-corrected chi connectivity index (χ4v) is 2.74. The van der Waals surface area contributed by atoms with Crippen LogP contribution in [0.25, 0.3) is 0 Å². The van der Waals surface area contributed by atoms with E-state index in [1.54, 1.807) is 0 Å². The molecule has 0 aliphatic carbocycles. The van der Waals surface area contributed by atoms with Crippen molar-refractivity contribution in [2.45, 2.75) is 32.5 Å². The lowest BCUT2D eigenvalue weighted by atomic mass is 10.0. The average Bonchev–Trinajstić information content (AvgIpc) is 2.51. The molecule has 2 heterocycles. The Hall–Kier alpha value is -1.78. The molecular formula is C17H21N3O. The molecule has 4 heteroatoms. The molecule has 0 radical (unpaired) electrons. The van der Waals surface area contributed by atoms with Gasteiger partial charge in [-0.2, -0.15) is 0 Å². The van der Waals surface area contributed by atoms with Gasteiger partial charge >= 0.3 is 0 Å². The van der Waals surface area contributed by atoms with Crippen LogP contribution in [0.5, 0.6) is 0 Å². The summed E-state index contributed by atoms with van der Waals surface area (Å²) in [5.41, 5.74) is 3.26. The highest BCUT2D eigenvalue weighted by Gasteiger charge is 2.28. The molecule has 4 nitrogen and oxygen atoms in total. The number of ether oxygens (including phenoxy) is 1. The number of aromatic nitrogens is 2. The van der Waals surface area contributed by atoms with Crippen LogP contribution in [-0.4, -0.2) is 34.1 Å². The minimum absolute atomic E-state index is 0.253. The molecule has 1 aromatic carbocycles. The van der Waals surface area contributed by atoms with E-state index in [9.17, 15) is 0 Å². The third-order valence-electron chi connectivity index (χ3n) is 3.85. The summed E-state index contributed by atoms with van der Waals surface area (Å²) in [4.78, 5) is 11.3. The van der Waals surface area contributed by atoms with Crippen LogP contribution in [0.15, 0.2) is 42.7 Å². The summed E-state index contributed by atoms with van der Waals surface area (Å²) >= 11 is 0. The highest BCUT2D eigenvalue weighted by Crippen LogP contribution is 2.27. The molecule has 0 saturated carbocycles. The van der Waals surface area contributed by atoms with Crippen LogP contribution in [0, 0.1) is 6.92 Å². The van der Waals surface area contributed by atoms with Crippen molar-refractivity contribution in [2.75, 3.05) is 13.2 Å². The predicted octanol–water partition coefficient (Wildman–Crippen LogP) is 2.75. The van der Waals surface area contributed by atoms with Crippen LogP contribution >= 0.6 is 0 Å². The van der Waals surface area contributed by atoms with Crippen molar-refractivity contribution in [3.63, 3.8) is 0 Å². The number of hydrogen-bond donors (Lipinski definition) is 0. The van der Waals surface area contributed by atoms with Gasteiger partial charge in [-0.05, 0) is 19.4 Å². The molecule has 21 heavy (non-hydrogen) atoms. The molecule has 3 rings (SSSR count). The zero-order valence-corrected chi connectivity index (χ0v) is 12.6. The van der Waals surface area contributed by atoms with Crippen LogP contribution in [0.1, 0.15) is 29.9 Å². The highest BCUT2D eigenvalue weighted by atomic mass is 16.5. The molecule has 110 valence electrons. The summed E-state index contributed by atoms with van der Waals surface area (Å²) in [5.74, 6) is 0. The monoisotopic (exact) mass is 283 g/mol. The van der Waals surface area contributed by atoms with E-state index in [4.69, 9.17) is 4.74 Å². The summed E-state index contributed by atoms with van der Waals surface area (Å²) in [6, 6.07) is 10.8. The Morgan fingerprint density at radius 1 is 1.19 bits per heavy atom. The van der Waals surface area contributed by atoms with Gasteiger partial charge in [-0.1, -0.05) is 30.3 Å². The lowest BCUT2D eigenvalue weighted by molar-refractivity contribution is -0.0602. The molecule has 0 spiro atoms. The van der Waals surface area contributed by atoms with Gasteiger partial charge < -0.3 is 4.74 Å². The largest absolute Gasteiger partial charge is 0.375 e. The number of morpholine rings is 1. The lowest BCUT2D eigenvalue weighted by Gasteiger charge is -2.38. The number of benzene rings is 1. The predicted molar refractivity (Wildman–Crippen MR) is 81.8 cm³/mol. The quantitative estimate of drug-likeness (QED) is 0.868. The Morgan fingerprint density at radius 2 is 2.00 bits per heavy atom. The smallest absolute Gasteiger partial charge is 0.0727 e. The molecule has 1 aliphatic heterocycles. The van der Waals surface area contributed by atoms with Crippen molar-refractivity contribution in [3.05, 3.63) is 59.7 Å². The third-order valence-corrected chi connectivity index (χ3v) is 3.85. The van der Waals surface area contributed by atoms with Crippen molar-refractivity contribution in [3.8, 4) is 0 Å². The molecule has 1 fully saturated rings. The zero-order valence-electron chi connectivity index (χ0n) is 12.6. The third kappa shape index (κ3) is 3.46. The van der Waals surface area contributed by atoms with E-state index in [-0.39, 0.29) is 12.1 Å². The molecule has 0 bridgehead atoms. The van der Waals surface area contributed by atoms with Crippen molar-refractivity contribution in [1.82, 2.24) is 14.9 Å². The summed E-state index contributed by atoms with van der Waals surface area (Å²) in [7, 11) is 0. The molecule has 0 unspecified atom stereocenters. The maximum absolute atomic E-state index is 5.85. The van der Waals surface area contributed by atoms with Gasteiger partial charge in [0.05, 0.1) is 30.1 Å². The van der Waals surface area contributed by atoms with Crippen molar-refractivity contribution in [1.29, 1.82) is 0 Å². The Labute approximate surface area is 125 Å². The van der Waals surface area contributed by atoms with Gasteiger partial charge in [0, 0.05) is 25.5 Å². The van der Waals surface area contributed by atoms with Gasteiger partial charge in [-0.15, -0.1) is 0 Å². The van der Waals surface area contributed by atoms with E-state index < -0.39 is 0 Å². The van der Waals surface area contributed by atoms with E-state index in [0.29, 0.717) is 0 Å². The molecule has 2 aromatic rings. The van der Waals surface area contributed by atoms with E-state index in [0.717, 1.165) is 31.1 Å². The van der Waals surface area contributed by atoms with Gasteiger partial charge in [0.2, 0.25) is 0 Å². The Kier molecular flexibility index (Phi) is 4.27. The average molecular weight is 283 g/mol. The normalized spacial score (nSPS) is 23.1. The number of aryl methyl sites for hydroxylation is 1. The van der Waals surface area contributed by atoms with Crippen LogP contribution in [0.4, 0.5) is 0 Å². The SMILES string of the molecule is Cc1cnc(CN2C[C@H](C)OC[C@H]2c2ccccc2)cn1. The highest BCUT2D eigenvalue weighted by molar-refractivity contribution is 5.20. The Bertz CT molecular complexity index is 570. The second-order valence-electron chi connectivity index (χ2n) is 5.65. The second kappa shape index (κ2) is 6.33. The Balaban J connectivity index is 1.80. The zero-order chi connectivity index (χ0) is 14.7. The van der Waals surface area contributed by atoms with E-state index >= 15 is 0 Å². The van der Waals surface area contributed by atoms with Crippen molar-refractivity contribution >= 4 is 0 Å². The van der Waals surface area contributed by atoms with Crippen LogP contribution in [0.2, 0.25) is 0 Å². The molecule has 1 aliphatic rings. The van der Waals surface area contributed by atoms with Crippen LogP contribution in [0.3, 0.4) is 0 Å². The van der Waals surface area contributed by atoms with Crippen LogP contribution in [-0.2, 0) is 11.3 Å². The first-order valence-corrected chi connectivity index (χ1v) is 7.40. The molecule has 0 N–H and O–H groups in total. The minimum atomic E-state index is 0.253. The fourth-order valence-electron chi connectivity index (χ4n) is 2.74. The Morgan fingerprint density at radius 3 is 2.71 bits per heavy atom. The summed E-state index contributed by atoms with van der Waals surface area (Å²) in [6.45, 7) is 6.52. The first-order valence-electron chi connectivity index (χ1n) is 7.40. The first kappa shape index (κ1) is 14.2. The molecule has 0 amide bonds. The van der Waals surface area contributed by atoms with E-state index in [1.807, 2.05) is 25.4 Å². The molecule has 1 aromatic heterocycles. The standard InChI is InChI=1S/C17H21N3O/c1-13-8-19-16(9-18-13)11-20-10-14(2)21-12-17(20)15-6-4-3-5-7-15/h3-9,14,17H,10-12H2,1-2H3/t14-,17-/m0/s1. The van der Waals surface area contributed by atoms with Gasteiger partial charge in [0.1, 0.15) is 0 Å². The summed E-state index contributed by atoms with van der Waals surface area (Å²) in [6.07, 6.45) is 3.96. The first-order chi connectivity index (χ1) is 10.2. The number of hydrogen-bond acceptors (Lipinski definition) is 4. The van der Waals surface area contributed by atoms with Crippen molar-refractivity contribution in [2.24, 2.45) is 0 Å². The summed E-state index contributed by atoms with van der Waals surface area (Å²) in [5, 5.41) is 0. The lowest BCUT2D eigenvalue weighted by Crippen LogP contribution is -2.43. The van der Waals surface area contributed by atoms with Crippen molar-refractivity contribution < 1.29 is 4.74 Å². The molecular weight excluding hydrogens is 262 g/mol. The van der Waals surface area contributed by atoms with Crippen LogP contribution < -0.4 is 0 Å². The van der Waals surface area contributed by atoms with E-state index in [2.05, 4.69) is 46.1 Å². The topological polar surface area (TPSA) is 38.2 Å². The molecule has 2 atom stereocenters. The van der Waals surface area contributed by atoms with Gasteiger partial charge in [-0.3, -0.25) is 14.9 Å². The maximum atomic E-state index is 5.85. The minimum Gasteiger partial charge on any atom is -0.375 e. The number of rotatable bonds is 3. The van der Waals surface area contributed by atoms with Gasteiger partial charge in [0.25, 0.3) is 0 Å². The van der Waals surface area contributed by atoms with Gasteiger partial charge in [-0.25, -0.2) is 0 Å². The fraction of sp³-hybridized carbons (Fsp3) is 0.412. The molecule has 1 saturated heterocycles. The summed E-state index contributed by atoms with van der Waals surface area (Å²) < 4.78 is 5.85. The van der Waals surface area contributed by atoms with E-state index in [1.165, 1.54) is 5.56 Å².